The highest BCUT2D eigenvalue weighted by Gasteiger charge is 2.15. The van der Waals surface area contributed by atoms with Crippen LogP contribution in [0.5, 0.6) is 0 Å². The lowest BCUT2D eigenvalue weighted by Crippen LogP contribution is -2.31. The minimum Gasteiger partial charge on any atom is -0.466 e. The van der Waals surface area contributed by atoms with Crippen LogP contribution in [0.3, 0.4) is 0 Å². The number of carbonyl (C=O) groups is 2. The highest BCUT2D eigenvalue weighted by atomic mass is 32.2. The number of hydrogen-bond donors (Lipinski definition) is 2. The Labute approximate surface area is 152 Å². The summed E-state index contributed by atoms with van der Waals surface area (Å²) in [4.78, 5) is 28.3. The lowest BCUT2D eigenvalue weighted by atomic mass is 10.2. The first-order valence-electron chi connectivity index (χ1n) is 8.21. The highest BCUT2D eigenvalue weighted by Crippen LogP contribution is 2.30. The van der Waals surface area contributed by atoms with Gasteiger partial charge < -0.3 is 15.4 Å². The molecule has 0 atom stereocenters. The van der Waals surface area contributed by atoms with E-state index in [0.717, 1.165) is 11.4 Å². The number of thioether (sulfide) groups is 1. The van der Waals surface area contributed by atoms with Gasteiger partial charge in [0.1, 0.15) is 0 Å². The first kappa shape index (κ1) is 19.1. The molecule has 2 rings (SSSR count). The van der Waals surface area contributed by atoms with Gasteiger partial charge in [0.15, 0.2) is 0 Å². The van der Waals surface area contributed by atoms with Crippen molar-refractivity contribution in [1.29, 1.82) is 0 Å². The Hall–Kier alpha value is -2.28. The Balaban J connectivity index is 2.16. The van der Waals surface area contributed by atoms with E-state index >= 15 is 0 Å². The molecule has 1 amide bonds. The number of nitrogens with zero attached hydrogens (tertiary/aromatic N) is 1. The van der Waals surface area contributed by atoms with Gasteiger partial charge in [-0.1, -0.05) is 23.9 Å². The molecule has 0 bridgehead atoms. The number of hydrogen-bond acceptors (Lipinski definition) is 6. The van der Waals surface area contributed by atoms with Crippen LogP contribution >= 0.6 is 11.8 Å². The molecule has 0 unspecified atom stereocenters. The maximum atomic E-state index is 11.9. The minimum atomic E-state index is -0.303. The SMILES string of the molecule is CCOC(=O)CC1=CC(SCC(=O)NC(C)C)=Nc2ccccc2N1. The summed E-state index contributed by atoms with van der Waals surface area (Å²) in [7, 11) is 0. The van der Waals surface area contributed by atoms with Crippen LogP contribution in [0.1, 0.15) is 27.2 Å². The lowest BCUT2D eigenvalue weighted by Gasteiger charge is -2.10. The van der Waals surface area contributed by atoms with Crippen LogP contribution in [0.15, 0.2) is 41.0 Å². The van der Waals surface area contributed by atoms with E-state index in [-0.39, 0.29) is 30.1 Å². The summed E-state index contributed by atoms with van der Waals surface area (Å²) in [5.74, 6) is -0.0846. The number of para-hydroxylation sites is 2. The molecule has 6 nitrogen and oxygen atoms in total. The van der Waals surface area contributed by atoms with Gasteiger partial charge in [-0.2, -0.15) is 0 Å². The van der Waals surface area contributed by atoms with Gasteiger partial charge in [-0.15, -0.1) is 0 Å². The van der Waals surface area contributed by atoms with Crippen LogP contribution in [-0.4, -0.2) is 35.3 Å². The second-order valence-electron chi connectivity index (χ2n) is 5.75. The summed E-state index contributed by atoms with van der Waals surface area (Å²) >= 11 is 1.34. The molecule has 1 heterocycles. The van der Waals surface area contributed by atoms with E-state index in [1.165, 1.54) is 11.8 Å². The number of rotatable bonds is 6. The first-order valence-corrected chi connectivity index (χ1v) is 9.19. The second-order valence-corrected chi connectivity index (χ2v) is 6.75. The van der Waals surface area contributed by atoms with Crippen LogP contribution in [0, 0.1) is 0 Å². The van der Waals surface area contributed by atoms with Crippen molar-refractivity contribution in [2.45, 2.75) is 33.2 Å². The average molecular weight is 361 g/mol. The van der Waals surface area contributed by atoms with Crippen molar-refractivity contribution in [3.05, 3.63) is 36.0 Å². The molecule has 7 heteroatoms. The Bertz CT molecular complexity index is 699. The van der Waals surface area contributed by atoms with Gasteiger partial charge in [0.2, 0.25) is 5.91 Å². The van der Waals surface area contributed by atoms with E-state index in [1.54, 1.807) is 13.0 Å². The number of nitrogens with one attached hydrogen (secondary N) is 2. The summed E-state index contributed by atoms with van der Waals surface area (Å²) in [5, 5.41) is 6.76. The summed E-state index contributed by atoms with van der Waals surface area (Å²) in [5.41, 5.74) is 2.28. The van der Waals surface area contributed by atoms with E-state index in [1.807, 2.05) is 38.1 Å². The summed E-state index contributed by atoms with van der Waals surface area (Å²) < 4.78 is 5.02. The number of fused-ring (bicyclic) bond motifs is 1. The molecule has 0 saturated heterocycles. The quantitative estimate of drug-likeness (QED) is 0.761. The first-order chi connectivity index (χ1) is 12.0. The third-order valence-electron chi connectivity index (χ3n) is 3.17. The summed E-state index contributed by atoms with van der Waals surface area (Å²) in [6, 6.07) is 7.68. The number of amides is 1. The van der Waals surface area contributed by atoms with Gasteiger partial charge in [0, 0.05) is 11.7 Å². The zero-order valence-corrected chi connectivity index (χ0v) is 15.5. The molecule has 0 fully saturated rings. The topological polar surface area (TPSA) is 79.8 Å². The molecule has 0 aliphatic carbocycles. The molecule has 0 spiro atoms. The minimum absolute atomic E-state index is 0.0477. The molecular weight excluding hydrogens is 338 g/mol. The van der Waals surface area contributed by atoms with Crippen molar-refractivity contribution in [2.24, 2.45) is 4.99 Å². The van der Waals surface area contributed by atoms with Crippen molar-refractivity contribution >= 4 is 40.1 Å². The molecule has 0 saturated carbocycles. The fraction of sp³-hybridized carbons (Fsp3) is 0.389. The van der Waals surface area contributed by atoms with Gasteiger partial charge in [-0.25, -0.2) is 4.99 Å². The fourth-order valence-electron chi connectivity index (χ4n) is 2.23. The van der Waals surface area contributed by atoms with Crippen LogP contribution in [0.4, 0.5) is 11.4 Å². The third kappa shape index (κ3) is 6.26. The van der Waals surface area contributed by atoms with Gasteiger partial charge in [-0.3, -0.25) is 9.59 Å². The monoisotopic (exact) mass is 361 g/mol. The van der Waals surface area contributed by atoms with Crippen LogP contribution in [0.2, 0.25) is 0 Å². The maximum absolute atomic E-state index is 11.9. The molecule has 134 valence electrons. The van der Waals surface area contributed by atoms with Crippen LogP contribution < -0.4 is 10.6 Å². The molecule has 2 N–H and O–H groups in total. The van der Waals surface area contributed by atoms with Crippen molar-refractivity contribution in [2.75, 3.05) is 17.7 Å². The third-order valence-corrected chi connectivity index (χ3v) is 4.08. The maximum Gasteiger partial charge on any atom is 0.311 e. The molecular formula is C18H23N3O3S. The Morgan fingerprint density at radius 3 is 2.80 bits per heavy atom. The van der Waals surface area contributed by atoms with Crippen LogP contribution in [-0.2, 0) is 14.3 Å². The van der Waals surface area contributed by atoms with Crippen LogP contribution in [0.25, 0.3) is 0 Å². The van der Waals surface area contributed by atoms with Crippen molar-refractivity contribution < 1.29 is 14.3 Å². The molecule has 1 aliphatic rings. The zero-order valence-electron chi connectivity index (χ0n) is 14.7. The Kier molecular flexibility index (Phi) is 7.06. The molecule has 1 aromatic carbocycles. The van der Waals surface area contributed by atoms with Gasteiger partial charge in [-0.05, 0) is 39.0 Å². The van der Waals surface area contributed by atoms with E-state index in [9.17, 15) is 9.59 Å². The largest absolute Gasteiger partial charge is 0.466 e. The van der Waals surface area contributed by atoms with E-state index in [4.69, 9.17) is 4.74 Å². The van der Waals surface area contributed by atoms with Crippen molar-refractivity contribution in [1.82, 2.24) is 5.32 Å². The number of aliphatic imine (C=N–C) groups is 1. The normalized spacial score (nSPS) is 13.1. The van der Waals surface area contributed by atoms with Crippen molar-refractivity contribution in [3.63, 3.8) is 0 Å². The smallest absolute Gasteiger partial charge is 0.311 e. The highest BCUT2D eigenvalue weighted by molar-refractivity contribution is 8.14. The Morgan fingerprint density at radius 2 is 2.08 bits per heavy atom. The predicted molar refractivity (Wildman–Crippen MR) is 102 cm³/mol. The second kappa shape index (κ2) is 9.27. The summed E-state index contributed by atoms with van der Waals surface area (Å²) in [6.07, 6.45) is 1.92. The lowest BCUT2D eigenvalue weighted by molar-refractivity contribution is -0.142. The van der Waals surface area contributed by atoms with Crippen molar-refractivity contribution in [3.8, 4) is 0 Å². The average Bonchev–Trinajstić information content (AvgIpc) is 2.71. The van der Waals surface area contributed by atoms with Gasteiger partial charge >= 0.3 is 5.97 Å². The fourth-order valence-corrected chi connectivity index (χ4v) is 2.98. The zero-order chi connectivity index (χ0) is 18.2. The van der Waals surface area contributed by atoms with E-state index < -0.39 is 0 Å². The van der Waals surface area contributed by atoms with Gasteiger partial charge in [0.05, 0.1) is 35.2 Å². The number of esters is 1. The number of carbonyl (C=O) groups excluding carboxylic acids is 2. The predicted octanol–water partition coefficient (Wildman–Crippen LogP) is 3.24. The molecule has 1 aliphatic heterocycles. The number of benzene rings is 1. The number of ether oxygens (including phenoxy) is 1. The molecule has 0 radical (unpaired) electrons. The van der Waals surface area contributed by atoms with Gasteiger partial charge in [0.25, 0.3) is 0 Å². The summed E-state index contributed by atoms with van der Waals surface area (Å²) in [6.45, 7) is 5.96. The Morgan fingerprint density at radius 1 is 1.32 bits per heavy atom. The molecule has 25 heavy (non-hydrogen) atoms. The standard InChI is InChI=1S/C18H23N3O3S/c1-4-24-18(23)10-13-9-17(25-11-16(22)19-12(2)3)21-15-8-6-5-7-14(15)20-13/h5-9,12,20H,4,10-11H2,1-3H3,(H,19,22). The molecule has 0 aromatic heterocycles. The number of anilines is 1. The van der Waals surface area contributed by atoms with E-state index in [2.05, 4.69) is 15.6 Å². The van der Waals surface area contributed by atoms with E-state index in [0.29, 0.717) is 17.3 Å². The molecule has 1 aromatic rings.